The van der Waals surface area contributed by atoms with Crippen molar-refractivity contribution in [2.24, 2.45) is 0 Å². The molecule has 2 heterocycles. The van der Waals surface area contributed by atoms with Gasteiger partial charge in [-0.3, -0.25) is 0 Å². The van der Waals surface area contributed by atoms with Gasteiger partial charge < -0.3 is 4.57 Å². The Morgan fingerprint density at radius 3 is 2.79 bits per heavy atom. The van der Waals surface area contributed by atoms with Crippen LogP contribution in [-0.2, 0) is 0 Å². The maximum atomic E-state index is 13.6. The van der Waals surface area contributed by atoms with Gasteiger partial charge in [-0.15, -0.1) is 11.8 Å². The number of rotatable bonds is 4. The van der Waals surface area contributed by atoms with Crippen molar-refractivity contribution in [2.45, 2.75) is 30.7 Å². The number of imidazole rings is 1. The lowest BCUT2D eigenvalue weighted by Crippen LogP contribution is -1.97. The molecule has 0 saturated heterocycles. The number of thioether (sulfide) groups is 1. The summed E-state index contributed by atoms with van der Waals surface area (Å²) in [7, 11) is 0. The van der Waals surface area contributed by atoms with Gasteiger partial charge in [-0.1, -0.05) is 0 Å². The maximum Gasteiger partial charge on any atom is 0.173 e. The fourth-order valence-corrected chi connectivity index (χ4v) is 3.20. The zero-order chi connectivity index (χ0) is 16.7. The highest BCUT2D eigenvalue weighted by molar-refractivity contribution is 7.98. The number of aromatic nitrogens is 4. The summed E-state index contributed by atoms with van der Waals surface area (Å²) in [6.45, 7) is 2.05. The highest BCUT2D eigenvalue weighted by Crippen LogP contribution is 2.39. The molecular weight excluding hydrogens is 323 g/mol. The zero-order valence-corrected chi connectivity index (χ0v) is 14.3. The summed E-state index contributed by atoms with van der Waals surface area (Å²) in [6, 6.07) is 6.04. The maximum absolute atomic E-state index is 13.6. The molecule has 0 atom stereocenters. The summed E-state index contributed by atoms with van der Waals surface area (Å²) < 4.78 is 15.6. The van der Waals surface area contributed by atoms with Crippen molar-refractivity contribution in [1.82, 2.24) is 19.5 Å². The molecule has 0 N–H and O–H groups in total. The Bertz CT molecular complexity index is 902. The van der Waals surface area contributed by atoms with E-state index in [-0.39, 0.29) is 5.82 Å². The van der Waals surface area contributed by atoms with Crippen molar-refractivity contribution in [3.63, 3.8) is 0 Å². The first-order valence-electron chi connectivity index (χ1n) is 7.87. The number of nitrogens with zero attached hydrogens (tertiary/aromatic N) is 4. The van der Waals surface area contributed by atoms with Crippen LogP contribution in [0.1, 0.15) is 30.0 Å². The molecule has 122 valence electrons. The highest BCUT2D eigenvalue weighted by atomic mass is 32.2. The number of hydrogen-bond donors (Lipinski definition) is 0. The second-order valence-corrected chi connectivity index (χ2v) is 6.83. The first-order chi connectivity index (χ1) is 11.7. The molecule has 2 aromatic heterocycles. The molecule has 0 amide bonds. The lowest BCUT2D eigenvalue weighted by Gasteiger charge is -2.09. The van der Waals surface area contributed by atoms with Crippen molar-refractivity contribution in [3.8, 4) is 17.1 Å². The molecule has 4 rings (SSSR count). The van der Waals surface area contributed by atoms with Crippen LogP contribution in [0.5, 0.6) is 0 Å². The predicted molar refractivity (Wildman–Crippen MR) is 93.0 cm³/mol. The van der Waals surface area contributed by atoms with Crippen LogP contribution in [0.4, 0.5) is 4.39 Å². The molecule has 6 heteroatoms. The van der Waals surface area contributed by atoms with Crippen LogP contribution < -0.4 is 0 Å². The van der Waals surface area contributed by atoms with Gasteiger partial charge in [-0.2, -0.15) is 0 Å². The third-order valence-electron chi connectivity index (χ3n) is 4.24. The van der Waals surface area contributed by atoms with Gasteiger partial charge in [0.2, 0.25) is 0 Å². The van der Waals surface area contributed by atoms with E-state index < -0.39 is 0 Å². The molecule has 0 radical (unpaired) electrons. The van der Waals surface area contributed by atoms with Crippen molar-refractivity contribution in [2.75, 3.05) is 6.26 Å². The van der Waals surface area contributed by atoms with Gasteiger partial charge in [0.05, 0.1) is 18.2 Å². The first-order valence-corrected chi connectivity index (χ1v) is 9.10. The van der Waals surface area contributed by atoms with E-state index in [2.05, 4.69) is 32.6 Å². The second kappa shape index (κ2) is 6.02. The Labute approximate surface area is 144 Å². The van der Waals surface area contributed by atoms with Gasteiger partial charge in [-0.25, -0.2) is 19.3 Å². The Morgan fingerprint density at radius 2 is 2.08 bits per heavy atom. The van der Waals surface area contributed by atoms with E-state index in [0.29, 0.717) is 16.8 Å². The Kier molecular flexibility index (Phi) is 3.84. The van der Waals surface area contributed by atoms with Gasteiger partial charge in [0.1, 0.15) is 5.03 Å². The molecule has 1 aliphatic rings. The number of halogens is 1. The van der Waals surface area contributed by atoms with Crippen LogP contribution in [0.3, 0.4) is 0 Å². The summed E-state index contributed by atoms with van der Waals surface area (Å²) in [5, 5.41) is 0.366. The van der Waals surface area contributed by atoms with Crippen molar-refractivity contribution in [3.05, 3.63) is 54.0 Å². The summed E-state index contributed by atoms with van der Waals surface area (Å²) in [6.07, 6.45) is 9.51. The SMILES string of the molecule is CSc1nc(-c2ccc(-n3cnc(C4CC4)c3)c(C)c2)ncc1F. The van der Waals surface area contributed by atoms with Gasteiger partial charge in [0.15, 0.2) is 11.6 Å². The Morgan fingerprint density at radius 1 is 1.25 bits per heavy atom. The fourth-order valence-electron chi connectivity index (χ4n) is 2.78. The minimum atomic E-state index is -0.384. The number of benzene rings is 1. The van der Waals surface area contributed by atoms with Crippen molar-refractivity contribution in [1.29, 1.82) is 0 Å². The highest BCUT2D eigenvalue weighted by Gasteiger charge is 2.25. The van der Waals surface area contributed by atoms with Crippen molar-refractivity contribution >= 4 is 11.8 Å². The fraction of sp³-hybridized carbons (Fsp3) is 0.278. The van der Waals surface area contributed by atoms with Crippen LogP contribution in [-0.4, -0.2) is 25.8 Å². The molecule has 1 fully saturated rings. The van der Waals surface area contributed by atoms with E-state index in [0.717, 1.165) is 16.8 Å². The van der Waals surface area contributed by atoms with Crippen LogP contribution in [0.25, 0.3) is 17.1 Å². The molecule has 0 aliphatic heterocycles. The third-order valence-corrected chi connectivity index (χ3v) is 4.91. The quantitative estimate of drug-likeness (QED) is 0.522. The van der Waals surface area contributed by atoms with Gasteiger partial charge >= 0.3 is 0 Å². The summed E-state index contributed by atoms with van der Waals surface area (Å²) >= 11 is 1.28. The molecule has 0 spiro atoms. The molecule has 3 aromatic rings. The summed E-state index contributed by atoms with van der Waals surface area (Å²) in [5.74, 6) is 0.800. The monoisotopic (exact) mass is 340 g/mol. The lowest BCUT2D eigenvalue weighted by molar-refractivity contribution is 0.580. The molecule has 0 bridgehead atoms. The summed E-state index contributed by atoms with van der Waals surface area (Å²) in [5.41, 5.74) is 4.25. The van der Waals surface area contributed by atoms with E-state index in [1.807, 2.05) is 24.5 Å². The molecular formula is C18H17FN4S. The smallest absolute Gasteiger partial charge is 0.173 e. The van der Waals surface area contributed by atoms with Crippen LogP contribution in [0.2, 0.25) is 0 Å². The van der Waals surface area contributed by atoms with E-state index in [9.17, 15) is 4.39 Å². The standard InChI is InChI=1S/C18H17FN4S/c1-11-7-13(17-20-8-14(19)18(22-17)24-2)5-6-16(11)23-9-15(21-10-23)12-3-4-12/h5-10,12H,3-4H2,1-2H3. The number of hydrogen-bond acceptors (Lipinski definition) is 4. The number of aryl methyl sites for hydroxylation is 1. The van der Waals surface area contributed by atoms with Crippen LogP contribution in [0, 0.1) is 12.7 Å². The third kappa shape index (κ3) is 2.82. The average molecular weight is 340 g/mol. The molecule has 24 heavy (non-hydrogen) atoms. The first kappa shape index (κ1) is 15.3. The molecule has 4 nitrogen and oxygen atoms in total. The zero-order valence-electron chi connectivity index (χ0n) is 13.5. The molecule has 1 saturated carbocycles. The van der Waals surface area contributed by atoms with Gasteiger partial charge in [-0.05, 0) is 49.8 Å². The Hall–Kier alpha value is -2.21. The van der Waals surface area contributed by atoms with E-state index >= 15 is 0 Å². The normalized spacial score (nSPS) is 14.1. The van der Waals surface area contributed by atoms with Gasteiger partial charge in [0, 0.05) is 23.4 Å². The molecule has 1 aliphatic carbocycles. The predicted octanol–water partition coefficient (Wildman–Crippen LogP) is 4.38. The minimum Gasteiger partial charge on any atom is -0.306 e. The topological polar surface area (TPSA) is 43.6 Å². The summed E-state index contributed by atoms with van der Waals surface area (Å²) in [4.78, 5) is 12.9. The van der Waals surface area contributed by atoms with E-state index in [4.69, 9.17) is 0 Å². The second-order valence-electron chi connectivity index (χ2n) is 6.03. The van der Waals surface area contributed by atoms with Crippen LogP contribution >= 0.6 is 11.8 Å². The van der Waals surface area contributed by atoms with Crippen molar-refractivity contribution < 1.29 is 4.39 Å². The van der Waals surface area contributed by atoms with Crippen LogP contribution in [0.15, 0.2) is 41.9 Å². The van der Waals surface area contributed by atoms with E-state index in [1.54, 1.807) is 6.26 Å². The molecule has 0 unspecified atom stereocenters. The van der Waals surface area contributed by atoms with E-state index in [1.165, 1.54) is 36.5 Å². The average Bonchev–Trinajstić information content (AvgIpc) is 3.33. The van der Waals surface area contributed by atoms with Gasteiger partial charge in [0.25, 0.3) is 0 Å². The minimum absolute atomic E-state index is 0.366. The largest absolute Gasteiger partial charge is 0.306 e. The lowest BCUT2D eigenvalue weighted by atomic mass is 10.1. The molecule has 1 aromatic carbocycles. The Balaban J connectivity index is 1.68.